The van der Waals surface area contributed by atoms with Gasteiger partial charge < -0.3 is 9.84 Å². The number of ether oxygens (including phenoxy) is 1. The molecule has 158 valence electrons. The van der Waals surface area contributed by atoms with Gasteiger partial charge in [-0.05, 0) is 23.8 Å². The predicted molar refractivity (Wildman–Crippen MR) is 102 cm³/mol. The summed E-state index contributed by atoms with van der Waals surface area (Å²) in [6, 6.07) is 6.93. The molecule has 0 aliphatic carbocycles. The fourth-order valence-electron chi connectivity index (χ4n) is 3.19. The van der Waals surface area contributed by atoms with E-state index >= 15 is 0 Å². The van der Waals surface area contributed by atoms with Crippen LogP contribution in [0.4, 0.5) is 18.9 Å². The molecule has 1 amide bonds. The highest BCUT2D eigenvalue weighted by Gasteiger charge is 2.47. The maximum atomic E-state index is 13.0. The van der Waals surface area contributed by atoms with E-state index in [1.165, 1.54) is 24.5 Å². The van der Waals surface area contributed by atoms with E-state index in [-0.39, 0.29) is 11.3 Å². The summed E-state index contributed by atoms with van der Waals surface area (Å²) < 4.78 is 41.8. The summed E-state index contributed by atoms with van der Waals surface area (Å²) in [4.78, 5) is 31.0. The number of hydrogen-bond acceptors (Lipinski definition) is 5. The zero-order valence-electron chi connectivity index (χ0n) is 16.4. The number of alkyl halides is 3. The van der Waals surface area contributed by atoms with Crippen LogP contribution in [0.3, 0.4) is 0 Å². The second-order valence-corrected chi connectivity index (χ2v) is 7.75. The number of benzene rings is 1. The van der Waals surface area contributed by atoms with Gasteiger partial charge in [0.05, 0.1) is 11.6 Å². The Balaban J connectivity index is 2.14. The average molecular weight is 420 g/mol. The summed E-state index contributed by atoms with van der Waals surface area (Å²) in [6.07, 6.45) is -1.99. The minimum absolute atomic E-state index is 0.0267. The summed E-state index contributed by atoms with van der Waals surface area (Å²) >= 11 is 0. The quantitative estimate of drug-likeness (QED) is 0.788. The van der Waals surface area contributed by atoms with Crippen molar-refractivity contribution in [2.75, 3.05) is 4.90 Å². The van der Waals surface area contributed by atoms with Crippen LogP contribution in [0.1, 0.15) is 32.4 Å². The highest BCUT2D eigenvalue weighted by molar-refractivity contribution is 6.17. The maximum Gasteiger partial charge on any atom is 0.573 e. The lowest BCUT2D eigenvalue weighted by molar-refractivity contribution is -0.274. The molecule has 9 heteroatoms. The van der Waals surface area contributed by atoms with Crippen molar-refractivity contribution in [2.24, 2.45) is 5.41 Å². The topological polar surface area (TPSA) is 79.7 Å². The molecule has 1 aliphatic heterocycles. The van der Waals surface area contributed by atoms with Crippen molar-refractivity contribution in [3.63, 3.8) is 0 Å². The van der Waals surface area contributed by atoms with E-state index in [2.05, 4.69) is 9.72 Å². The number of Topliss-reactive ketones (excluding diaryl/α,β-unsaturated/α-hetero) is 1. The van der Waals surface area contributed by atoms with Crippen molar-refractivity contribution in [1.29, 1.82) is 0 Å². The van der Waals surface area contributed by atoms with Crippen LogP contribution in [0.5, 0.6) is 5.75 Å². The van der Waals surface area contributed by atoms with Gasteiger partial charge in [0.25, 0.3) is 5.91 Å². The number of carbonyl (C=O) groups excluding carboxylic acids is 2. The van der Waals surface area contributed by atoms with Crippen molar-refractivity contribution >= 4 is 17.4 Å². The molecule has 1 unspecified atom stereocenters. The number of ketones is 1. The number of aliphatic hydroxyl groups is 1. The molecular formula is C21H19F3N2O4. The van der Waals surface area contributed by atoms with Crippen LogP contribution in [0.15, 0.2) is 60.1 Å². The van der Waals surface area contributed by atoms with E-state index in [1.54, 1.807) is 32.9 Å². The van der Waals surface area contributed by atoms with Gasteiger partial charge in [-0.15, -0.1) is 13.2 Å². The molecule has 1 N–H and O–H groups in total. The van der Waals surface area contributed by atoms with Gasteiger partial charge in [-0.25, -0.2) is 0 Å². The molecule has 0 spiro atoms. The maximum absolute atomic E-state index is 13.0. The highest BCUT2D eigenvalue weighted by Crippen LogP contribution is 2.43. The Morgan fingerprint density at radius 3 is 2.43 bits per heavy atom. The summed E-state index contributed by atoms with van der Waals surface area (Å²) in [6.45, 7) is 4.92. The van der Waals surface area contributed by atoms with E-state index in [1.807, 2.05) is 0 Å². The second kappa shape index (κ2) is 7.47. The van der Waals surface area contributed by atoms with E-state index < -0.39 is 41.0 Å². The van der Waals surface area contributed by atoms with Gasteiger partial charge in [-0.3, -0.25) is 19.5 Å². The Morgan fingerprint density at radius 2 is 1.87 bits per heavy atom. The van der Waals surface area contributed by atoms with Crippen LogP contribution in [-0.2, 0) is 9.59 Å². The first-order valence-electron chi connectivity index (χ1n) is 8.97. The third-order valence-corrected chi connectivity index (χ3v) is 4.46. The Labute approximate surface area is 170 Å². The molecule has 2 heterocycles. The number of carbonyl (C=O) groups is 2. The van der Waals surface area contributed by atoms with Gasteiger partial charge in [0, 0.05) is 29.6 Å². The number of halogens is 3. The van der Waals surface area contributed by atoms with Gasteiger partial charge >= 0.3 is 6.36 Å². The number of pyridine rings is 1. The largest absolute Gasteiger partial charge is 0.573 e. The molecule has 3 rings (SSSR count). The first kappa shape index (κ1) is 21.4. The Kier molecular flexibility index (Phi) is 5.32. The number of anilines is 1. The van der Waals surface area contributed by atoms with Crippen molar-refractivity contribution in [3.8, 4) is 5.75 Å². The molecule has 0 fully saturated rings. The molecule has 1 atom stereocenters. The van der Waals surface area contributed by atoms with Crippen LogP contribution in [0, 0.1) is 5.41 Å². The van der Waals surface area contributed by atoms with E-state index in [0.29, 0.717) is 5.56 Å². The smallest absolute Gasteiger partial charge is 0.503 e. The zero-order chi connectivity index (χ0) is 22.3. The zero-order valence-corrected chi connectivity index (χ0v) is 16.4. The van der Waals surface area contributed by atoms with Crippen LogP contribution in [0.25, 0.3) is 0 Å². The lowest BCUT2D eigenvalue weighted by atomic mass is 9.82. The van der Waals surface area contributed by atoms with E-state index in [4.69, 9.17) is 0 Å². The van der Waals surface area contributed by atoms with Gasteiger partial charge in [0.1, 0.15) is 5.75 Å². The third-order valence-electron chi connectivity index (χ3n) is 4.46. The molecule has 1 aliphatic rings. The van der Waals surface area contributed by atoms with Crippen LogP contribution >= 0.6 is 0 Å². The lowest BCUT2D eigenvalue weighted by Gasteiger charge is -2.29. The van der Waals surface area contributed by atoms with E-state index in [0.717, 1.165) is 17.0 Å². The standard InChI is InChI=1S/C21H19F3N2O4/c1-20(2,3)18(28)15-16(12-6-5-9-25-11-12)26(19(29)17(15)27)13-7-4-8-14(10-13)30-21(22,23)24/h4-11,16,27H,1-3H3. The summed E-state index contributed by atoms with van der Waals surface area (Å²) in [5.41, 5.74) is -0.604. The Hall–Kier alpha value is -3.36. The molecule has 0 bridgehead atoms. The van der Waals surface area contributed by atoms with Gasteiger partial charge in [0.2, 0.25) is 0 Å². The molecule has 1 aromatic heterocycles. The Morgan fingerprint density at radius 1 is 1.17 bits per heavy atom. The number of aliphatic hydroxyl groups excluding tert-OH is 1. The molecule has 0 saturated heterocycles. The SMILES string of the molecule is CC(C)(C)C(=O)C1=C(O)C(=O)N(c2cccc(OC(F)(F)F)c2)C1c1cccnc1. The van der Waals surface area contributed by atoms with Crippen molar-refractivity contribution in [3.05, 3.63) is 65.7 Å². The van der Waals surface area contributed by atoms with Crippen molar-refractivity contribution in [2.45, 2.75) is 33.2 Å². The third kappa shape index (κ3) is 4.14. The summed E-state index contributed by atoms with van der Waals surface area (Å²) in [5.74, 6) is -2.65. The fourth-order valence-corrected chi connectivity index (χ4v) is 3.19. The lowest BCUT2D eigenvalue weighted by Crippen LogP contribution is -2.33. The second-order valence-electron chi connectivity index (χ2n) is 7.75. The number of amides is 1. The van der Waals surface area contributed by atoms with Gasteiger partial charge in [-0.1, -0.05) is 32.9 Å². The Bertz CT molecular complexity index is 1010. The molecule has 1 aromatic carbocycles. The fraction of sp³-hybridized carbons (Fsp3) is 0.286. The number of nitrogens with zero attached hydrogens (tertiary/aromatic N) is 2. The molecule has 6 nitrogen and oxygen atoms in total. The van der Waals surface area contributed by atoms with Gasteiger partial charge in [-0.2, -0.15) is 0 Å². The van der Waals surface area contributed by atoms with Crippen molar-refractivity contribution < 1.29 is 32.6 Å². The summed E-state index contributed by atoms with van der Waals surface area (Å²) in [7, 11) is 0. The molecular weight excluding hydrogens is 401 g/mol. The van der Waals surface area contributed by atoms with Crippen LogP contribution < -0.4 is 9.64 Å². The monoisotopic (exact) mass is 420 g/mol. The van der Waals surface area contributed by atoms with Gasteiger partial charge in [0.15, 0.2) is 11.5 Å². The number of aromatic nitrogens is 1. The molecule has 0 radical (unpaired) electrons. The molecule has 30 heavy (non-hydrogen) atoms. The average Bonchev–Trinajstić information content (AvgIpc) is 2.91. The first-order valence-corrected chi connectivity index (χ1v) is 8.97. The van der Waals surface area contributed by atoms with Crippen molar-refractivity contribution in [1.82, 2.24) is 4.98 Å². The molecule has 0 saturated carbocycles. The van der Waals surface area contributed by atoms with Crippen LogP contribution in [-0.4, -0.2) is 28.1 Å². The molecule has 2 aromatic rings. The van der Waals surface area contributed by atoms with Crippen LogP contribution in [0.2, 0.25) is 0 Å². The predicted octanol–water partition coefficient (Wildman–Crippen LogP) is 4.50. The number of hydrogen-bond donors (Lipinski definition) is 1. The first-order chi connectivity index (χ1) is 13.9. The number of rotatable bonds is 4. The minimum Gasteiger partial charge on any atom is -0.503 e. The summed E-state index contributed by atoms with van der Waals surface area (Å²) in [5, 5.41) is 10.5. The normalized spacial score (nSPS) is 17.5. The highest BCUT2D eigenvalue weighted by atomic mass is 19.4. The minimum atomic E-state index is -4.91. The van der Waals surface area contributed by atoms with E-state index in [9.17, 15) is 27.9 Å².